The van der Waals surface area contributed by atoms with Gasteiger partial charge in [0.05, 0.1) is 11.3 Å². The lowest BCUT2D eigenvalue weighted by Gasteiger charge is -2.19. The van der Waals surface area contributed by atoms with Crippen LogP contribution < -0.4 is 11.5 Å². The minimum absolute atomic E-state index is 0.309. The van der Waals surface area contributed by atoms with Crippen LogP contribution in [-0.2, 0) is 4.74 Å². The van der Waals surface area contributed by atoms with E-state index in [0.717, 1.165) is 0 Å². The van der Waals surface area contributed by atoms with E-state index in [-0.39, 0.29) is 0 Å². The lowest BCUT2D eigenvalue weighted by molar-refractivity contribution is 0.00714. The molecule has 0 saturated carbocycles. The molecule has 0 aliphatic heterocycles. The molecule has 14 heavy (non-hydrogen) atoms. The molecule has 1 aromatic rings. The van der Waals surface area contributed by atoms with Gasteiger partial charge in [-0.05, 0) is 20.8 Å². The van der Waals surface area contributed by atoms with Gasteiger partial charge in [-0.3, -0.25) is 0 Å². The van der Waals surface area contributed by atoms with Crippen LogP contribution in [0.3, 0.4) is 0 Å². The standard InChI is InChI=1S/C9H14N2O2S/c1-9(2,3)13-8(12)5-4-14-7(11)6(5)10/h4H,10-11H2,1-3H3. The number of hydrogen-bond acceptors (Lipinski definition) is 5. The maximum atomic E-state index is 11.5. The van der Waals surface area contributed by atoms with E-state index in [1.165, 1.54) is 11.3 Å². The zero-order chi connectivity index (χ0) is 10.9. The number of hydrogen-bond donors (Lipinski definition) is 2. The number of esters is 1. The Bertz CT molecular complexity index is 352. The van der Waals surface area contributed by atoms with Gasteiger partial charge in [0.2, 0.25) is 0 Å². The van der Waals surface area contributed by atoms with Crippen molar-refractivity contribution in [3.63, 3.8) is 0 Å². The second kappa shape index (κ2) is 3.49. The summed E-state index contributed by atoms with van der Waals surface area (Å²) < 4.78 is 5.15. The Morgan fingerprint density at radius 3 is 2.36 bits per heavy atom. The van der Waals surface area contributed by atoms with E-state index in [1.807, 2.05) is 0 Å². The summed E-state index contributed by atoms with van der Waals surface area (Å²) >= 11 is 1.24. The van der Waals surface area contributed by atoms with Crippen LogP contribution in [0.5, 0.6) is 0 Å². The number of anilines is 2. The van der Waals surface area contributed by atoms with Crippen molar-refractivity contribution in [1.29, 1.82) is 0 Å². The average molecular weight is 214 g/mol. The van der Waals surface area contributed by atoms with Crippen molar-refractivity contribution in [3.8, 4) is 0 Å². The molecule has 0 aromatic carbocycles. The molecule has 0 spiro atoms. The van der Waals surface area contributed by atoms with Crippen LogP contribution in [0.25, 0.3) is 0 Å². The number of thiophene rings is 1. The van der Waals surface area contributed by atoms with Gasteiger partial charge in [-0.1, -0.05) is 0 Å². The second-order valence-electron chi connectivity index (χ2n) is 3.93. The summed E-state index contributed by atoms with van der Waals surface area (Å²) in [5.41, 5.74) is 11.3. The number of nitrogens with two attached hydrogens (primary N) is 2. The third kappa shape index (κ3) is 2.38. The van der Waals surface area contributed by atoms with Crippen molar-refractivity contribution in [1.82, 2.24) is 0 Å². The molecule has 0 amide bonds. The second-order valence-corrected chi connectivity index (χ2v) is 4.84. The molecule has 4 N–H and O–H groups in total. The Morgan fingerprint density at radius 1 is 1.43 bits per heavy atom. The summed E-state index contributed by atoms with van der Waals surface area (Å²) in [5, 5.41) is 2.06. The normalized spacial score (nSPS) is 11.4. The summed E-state index contributed by atoms with van der Waals surface area (Å²) in [6.07, 6.45) is 0. The van der Waals surface area contributed by atoms with Crippen molar-refractivity contribution >= 4 is 28.0 Å². The van der Waals surface area contributed by atoms with Gasteiger partial charge in [0, 0.05) is 5.38 Å². The van der Waals surface area contributed by atoms with E-state index in [4.69, 9.17) is 16.2 Å². The van der Waals surface area contributed by atoms with E-state index < -0.39 is 11.6 Å². The summed E-state index contributed by atoms with van der Waals surface area (Å²) in [5.74, 6) is -0.428. The van der Waals surface area contributed by atoms with Gasteiger partial charge in [0.15, 0.2) is 0 Å². The highest BCUT2D eigenvalue weighted by molar-refractivity contribution is 7.15. The lowest BCUT2D eigenvalue weighted by atomic mass is 10.2. The Hall–Kier alpha value is -1.23. The smallest absolute Gasteiger partial charge is 0.341 e. The Balaban J connectivity index is 2.86. The molecule has 0 atom stereocenters. The number of carbonyl (C=O) groups is 1. The molecule has 0 bridgehead atoms. The molecule has 0 fully saturated rings. The maximum Gasteiger partial charge on any atom is 0.341 e. The molecular weight excluding hydrogens is 200 g/mol. The van der Waals surface area contributed by atoms with Gasteiger partial charge in [-0.25, -0.2) is 4.79 Å². The summed E-state index contributed by atoms with van der Waals surface area (Å²) in [7, 11) is 0. The van der Waals surface area contributed by atoms with Gasteiger partial charge < -0.3 is 16.2 Å². The van der Waals surface area contributed by atoms with Crippen molar-refractivity contribution in [2.45, 2.75) is 26.4 Å². The highest BCUT2D eigenvalue weighted by Crippen LogP contribution is 2.28. The summed E-state index contributed by atoms with van der Waals surface area (Å²) in [4.78, 5) is 11.5. The van der Waals surface area contributed by atoms with Crippen LogP contribution >= 0.6 is 11.3 Å². The minimum atomic E-state index is -0.514. The first-order valence-electron chi connectivity index (χ1n) is 4.17. The first-order chi connectivity index (χ1) is 6.31. The third-order valence-corrected chi connectivity index (χ3v) is 2.31. The van der Waals surface area contributed by atoms with Crippen molar-refractivity contribution in [3.05, 3.63) is 10.9 Å². The summed E-state index contributed by atoms with van der Waals surface area (Å²) in [6, 6.07) is 0. The van der Waals surface area contributed by atoms with E-state index >= 15 is 0 Å². The molecule has 0 aliphatic rings. The van der Waals surface area contributed by atoms with Gasteiger partial charge >= 0.3 is 5.97 Å². The van der Waals surface area contributed by atoms with Crippen LogP contribution in [0.15, 0.2) is 5.38 Å². The molecule has 0 saturated heterocycles. The molecule has 1 heterocycles. The van der Waals surface area contributed by atoms with Gasteiger partial charge in [-0.2, -0.15) is 0 Å². The fraction of sp³-hybridized carbons (Fsp3) is 0.444. The molecule has 1 aromatic heterocycles. The molecule has 4 nitrogen and oxygen atoms in total. The first kappa shape index (κ1) is 10.8. The third-order valence-electron chi connectivity index (χ3n) is 1.48. The molecule has 5 heteroatoms. The molecule has 78 valence electrons. The largest absolute Gasteiger partial charge is 0.456 e. The monoisotopic (exact) mass is 214 g/mol. The minimum Gasteiger partial charge on any atom is -0.456 e. The van der Waals surface area contributed by atoms with Crippen LogP contribution in [-0.4, -0.2) is 11.6 Å². The number of ether oxygens (including phenoxy) is 1. The molecular formula is C9H14N2O2S. The first-order valence-corrected chi connectivity index (χ1v) is 5.05. The molecule has 0 aliphatic carbocycles. The number of rotatable bonds is 1. The van der Waals surface area contributed by atoms with E-state index in [0.29, 0.717) is 16.3 Å². The highest BCUT2D eigenvalue weighted by atomic mass is 32.1. The van der Waals surface area contributed by atoms with Gasteiger partial charge in [0.1, 0.15) is 10.6 Å². The van der Waals surface area contributed by atoms with Crippen LogP contribution in [0.1, 0.15) is 31.1 Å². The van der Waals surface area contributed by atoms with E-state index in [2.05, 4.69) is 0 Å². The van der Waals surface area contributed by atoms with Crippen molar-refractivity contribution in [2.75, 3.05) is 11.5 Å². The fourth-order valence-corrected chi connectivity index (χ4v) is 1.58. The Kier molecular flexibility index (Phi) is 2.71. The fourth-order valence-electron chi connectivity index (χ4n) is 0.873. The number of nitrogen functional groups attached to an aromatic ring is 2. The predicted molar refractivity (Wildman–Crippen MR) is 58.3 cm³/mol. The Labute approximate surface area is 86.9 Å². The molecule has 0 radical (unpaired) electrons. The lowest BCUT2D eigenvalue weighted by Crippen LogP contribution is -2.24. The average Bonchev–Trinajstić information content (AvgIpc) is 2.29. The van der Waals surface area contributed by atoms with Crippen LogP contribution in [0.4, 0.5) is 10.7 Å². The molecule has 0 unspecified atom stereocenters. The van der Waals surface area contributed by atoms with Gasteiger partial charge in [0.25, 0.3) is 0 Å². The zero-order valence-corrected chi connectivity index (χ0v) is 9.27. The van der Waals surface area contributed by atoms with Crippen molar-refractivity contribution in [2.24, 2.45) is 0 Å². The highest BCUT2D eigenvalue weighted by Gasteiger charge is 2.21. The van der Waals surface area contributed by atoms with Crippen molar-refractivity contribution < 1.29 is 9.53 Å². The quantitative estimate of drug-likeness (QED) is 0.699. The van der Waals surface area contributed by atoms with Crippen LogP contribution in [0.2, 0.25) is 0 Å². The topological polar surface area (TPSA) is 78.3 Å². The maximum absolute atomic E-state index is 11.5. The van der Waals surface area contributed by atoms with Gasteiger partial charge in [-0.15, -0.1) is 11.3 Å². The van der Waals surface area contributed by atoms with E-state index in [9.17, 15) is 4.79 Å². The zero-order valence-electron chi connectivity index (χ0n) is 8.46. The SMILES string of the molecule is CC(C)(C)OC(=O)c1csc(N)c1N. The van der Waals surface area contributed by atoms with Crippen LogP contribution in [0, 0.1) is 0 Å². The molecule has 1 rings (SSSR count). The van der Waals surface area contributed by atoms with E-state index in [1.54, 1.807) is 26.2 Å². The Morgan fingerprint density at radius 2 is 2.00 bits per heavy atom. The summed E-state index contributed by atoms with van der Waals surface area (Å²) in [6.45, 7) is 5.41. The number of carbonyl (C=O) groups excluding carboxylic acids is 1. The predicted octanol–water partition coefficient (Wildman–Crippen LogP) is 1.87.